The quantitative estimate of drug-likeness (QED) is 0.424. The van der Waals surface area contributed by atoms with Gasteiger partial charge in [-0.1, -0.05) is 18.2 Å². The molecule has 1 aromatic carbocycles. The van der Waals surface area contributed by atoms with Crippen molar-refractivity contribution in [2.24, 2.45) is 4.99 Å². The Kier molecular flexibility index (Phi) is 6.41. The molecule has 1 heterocycles. The number of aliphatic imine (C=N–C) groups is 1. The first kappa shape index (κ1) is 18.2. The monoisotopic (exact) mass is 445 g/mol. The highest BCUT2D eigenvalue weighted by atomic mass is 127. The summed E-state index contributed by atoms with van der Waals surface area (Å²) < 4.78 is 13.8. The predicted molar refractivity (Wildman–Crippen MR) is 105 cm³/mol. The average molecular weight is 445 g/mol. The Morgan fingerprint density at radius 2 is 2.13 bits per heavy atom. The van der Waals surface area contributed by atoms with Crippen LogP contribution in [0.2, 0.25) is 0 Å². The molecule has 0 saturated heterocycles. The van der Waals surface area contributed by atoms with Crippen molar-refractivity contribution >= 4 is 41.3 Å². The zero-order valence-electron chi connectivity index (χ0n) is 13.2. The summed E-state index contributed by atoms with van der Waals surface area (Å²) >= 11 is 1.74. The Bertz CT molecular complexity index is 686. The molecule has 2 N–H and O–H groups in total. The van der Waals surface area contributed by atoms with Crippen LogP contribution in [-0.4, -0.2) is 19.0 Å². The summed E-state index contributed by atoms with van der Waals surface area (Å²) in [5, 5.41) is 8.80. The molecule has 0 amide bonds. The lowest BCUT2D eigenvalue weighted by Crippen LogP contribution is -2.38. The van der Waals surface area contributed by atoms with Gasteiger partial charge in [0.2, 0.25) is 0 Å². The van der Waals surface area contributed by atoms with E-state index in [0.717, 1.165) is 24.5 Å². The van der Waals surface area contributed by atoms with Crippen LogP contribution in [-0.2, 0) is 6.54 Å². The van der Waals surface area contributed by atoms with Gasteiger partial charge in [-0.25, -0.2) is 4.39 Å². The van der Waals surface area contributed by atoms with Crippen LogP contribution < -0.4 is 10.6 Å². The fraction of sp³-hybridized carbons (Fsp3) is 0.353. The number of hydrogen-bond donors (Lipinski definition) is 2. The smallest absolute Gasteiger partial charge is 0.191 e. The van der Waals surface area contributed by atoms with E-state index in [1.165, 1.54) is 16.5 Å². The number of nitrogens with zero attached hydrogens (tertiary/aromatic N) is 1. The van der Waals surface area contributed by atoms with Gasteiger partial charge in [0.1, 0.15) is 5.82 Å². The van der Waals surface area contributed by atoms with Crippen molar-refractivity contribution in [3.05, 3.63) is 57.5 Å². The lowest BCUT2D eigenvalue weighted by molar-refractivity contribution is 0.607. The van der Waals surface area contributed by atoms with E-state index in [9.17, 15) is 4.39 Å². The number of aryl methyl sites for hydroxylation is 1. The van der Waals surface area contributed by atoms with E-state index in [-0.39, 0.29) is 41.8 Å². The minimum Gasteiger partial charge on any atom is -0.353 e. The van der Waals surface area contributed by atoms with Crippen LogP contribution in [0.5, 0.6) is 0 Å². The molecule has 1 aliphatic rings. The highest BCUT2D eigenvalue weighted by Gasteiger charge is 2.40. The molecule has 3 nitrogen and oxygen atoms in total. The summed E-state index contributed by atoms with van der Waals surface area (Å²) in [4.78, 5) is 5.56. The Labute approximate surface area is 157 Å². The molecule has 0 spiro atoms. The second kappa shape index (κ2) is 8.10. The molecule has 124 valence electrons. The van der Waals surface area contributed by atoms with Crippen LogP contribution in [0, 0.1) is 12.7 Å². The van der Waals surface area contributed by atoms with E-state index in [0.29, 0.717) is 0 Å². The van der Waals surface area contributed by atoms with Gasteiger partial charge in [0, 0.05) is 23.9 Å². The summed E-state index contributed by atoms with van der Waals surface area (Å²) in [6.07, 6.45) is 0.944. The van der Waals surface area contributed by atoms with Gasteiger partial charge in [-0.2, -0.15) is 0 Å². The minimum absolute atomic E-state index is 0. The molecule has 2 unspecified atom stereocenters. The van der Waals surface area contributed by atoms with Gasteiger partial charge in [-0.3, -0.25) is 4.99 Å². The lowest BCUT2D eigenvalue weighted by Gasteiger charge is -2.12. The molecule has 0 radical (unpaired) electrons. The summed E-state index contributed by atoms with van der Waals surface area (Å²) in [5.74, 6) is 0.897. The van der Waals surface area contributed by atoms with E-state index in [2.05, 4.69) is 34.0 Å². The maximum atomic E-state index is 13.8. The maximum absolute atomic E-state index is 13.8. The number of thiophene rings is 1. The van der Waals surface area contributed by atoms with Gasteiger partial charge in [0.15, 0.2) is 5.96 Å². The van der Waals surface area contributed by atoms with Gasteiger partial charge in [0.25, 0.3) is 0 Å². The Hall–Kier alpha value is -1.15. The lowest BCUT2D eigenvalue weighted by atomic mass is 10.1. The largest absolute Gasteiger partial charge is 0.353 e. The van der Waals surface area contributed by atoms with Crippen molar-refractivity contribution in [2.75, 3.05) is 7.05 Å². The molecule has 2 aromatic rings. The third-order valence-electron chi connectivity index (χ3n) is 4.03. The number of guanidine groups is 1. The molecule has 3 rings (SSSR count). The molecule has 0 bridgehead atoms. The maximum Gasteiger partial charge on any atom is 0.191 e. The third kappa shape index (κ3) is 4.44. The molecule has 1 aliphatic carbocycles. The highest BCUT2D eigenvalue weighted by Crippen LogP contribution is 2.41. The highest BCUT2D eigenvalue weighted by molar-refractivity contribution is 14.0. The second-order valence-electron chi connectivity index (χ2n) is 5.57. The number of halogens is 2. The molecule has 1 fully saturated rings. The number of nitrogens with one attached hydrogen (secondary N) is 2. The van der Waals surface area contributed by atoms with E-state index < -0.39 is 0 Å². The van der Waals surface area contributed by atoms with Crippen molar-refractivity contribution in [1.82, 2.24) is 10.6 Å². The first-order valence-electron chi connectivity index (χ1n) is 7.43. The van der Waals surface area contributed by atoms with E-state index in [1.807, 2.05) is 12.1 Å². The molecular weight excluding hydrogens is 424 g/mol. The standard InChI is InChI=1S/C17H20FN3S.HI/c1-11-7-8-22-16(11)10-20-17(19-2)21-15-9-13(15)12-5-3-4-6-14(12)18;/h3-8,13,15H,9-10H2,1-2H3,(H2,19,20,21);1H. The molecule has 6 heteroatoms. The first-order chi connectivity index (χ1) is 10.7. The SMILES string of the molecule is CN=C(NCc1sccc1C)NC1CC1c1ccccc1F.I. The summed E-state index contributed by atoms with van der Waals surface area (Å²) in [7, 11) is 1.76. The fourth-order valence-corrected chi connectivity index (χ4v) is 3.44. The van der Waals surface area contributed by atoms with Crippen molar-refractivity contribution in [3.63, 3.8) is 0 Å². The van der Waals surface area contributed by atoms with Gasteiger partial charge in [0.05, 0.1) is 6.54 Å². The molecule has 2 atom stereocenters. The Balaban J connectivity index is 0.00000192. The van der Waals surface area contributed by atoms with Gasteiger partial charge in [-0.15, -0.1) is 35.3 Å². The average Bonchev–Trinajstić information content (AvgIpc) is 3.16. The number of hydrogen-bond acceptors (Lipinski definition) is 2. The fourth-order valence-electron chi connectivity index (χ4n) is 2.59. The van der Waals surface area contributed by atoms with Gasteiger partial charge < -0.3 is 10.6 Å². The summed E-state index contributed by atoms with van der Waals surface area (Å²) in [6, 6.07) is 9.39. The Morgan fingerprint density at radius 1 is 1.35 bits per heavy atom. The first-order valence-corrected chi connectivity index (χ1v) is 8.31. The molecular formula is C17H21FIN3S. The molecule has 1 saturated carbocycles. The van der Waals surface area contributed by atoms with Crippen LogP contribution >= 0.6 is 35.3 Å². The van der Waals surface area contributed by atoms with Crippen molar-refractivity contribution in [1.29, 1.82) is 0 Å². The zero-order chi connectivity index (χ0) is 15.5. The number of rotatable bonds is 4. The minimum atomic E-state index is -0.117. The normalized spacial score (nSPS) is 19.9. The van der Waals surface area contributed by atoms with Crippen LogP contribution in [0.1, 0.15) is 28.3 Å². The third-order valence-corrected chi connectivity index (χ3v) is 5.05. The predicted octanol–water partition coefficient (Wildman–Crippen LogP) is 4.03. The topological polar surface area (TPSA) is 36.4 Å². The van der Waals surface area contributed by atoms with Gasteiger partial charge in [-0.05, 0) is 42.0 Å². The van der Waals surface area contributed by atoms with Crippen LogP contribution in [0.4, 0.5) is 4.39 Å². The van der Waals surface area contributed by atoms with E-state index >= 15 is 0 Å². The molecule has 0 aliphatic heterocycles. The van der Waals surface area contributed by atoms with Crippen LogP contribution in [0.15, 0.2) is 40.7 Å². The van der Waals surface area contributed by atoms with E-state index in [1.54, 1.807) is 24.5 Å². The number of benzene rings is 1. The van der Waals surface area contributed by atoms with Crippen molar-refractivity contribution in [3.8, 4) is 0 Å². The zero-order valence-corrected chi connectivity index (χ0v) is 16.3. The van der Waals surface area contributed by atoms with Crippen LogP contribution in [0.25, 0.3) is 0 Å². The molecule has 1 aromatic heterocycles. The molecule has 23 heavy (non-hydrogen) atoms. The second-order valence-corrected chi connectivity index (χ2v) is 6.57. The van der Waals surface area contributed by atoms with E-state index in [4.69, 9.17) is 0 Å². The van der Waals surface area contributed by atoms with Crippen LogP contribution in [0.3, 0.4) is 0 Å². The van der Waals surface area contributed by atoms with Crippen molar-refractivity contribution < 1.29 is 4.39 Å². The summed E-state index contributed by atoms with van der Waals surface area (Å²) in [6.45, 7) is 2.87. The van der Waals surface area contributed by atoms with Gasteiger partial charge >= 0.3 is 0 Å². The summed E-state index contributed by atoms with van der Waals surface area (Å²) in [5.41, 5.74) is 2.09. The Morgan fingerprint density at radius 3 is 2.78 bits per heavy atom. The van der Waals surface area contributed by atoms with Crippen molar-refractivity contribution in [2.45, 2.75) is 31.8 Å².